The third-order valence-corrected chi connectivity index (χ3v) is 4.96. The van der Waals surface area contributed by atoms with E-state index in [4.69, 9.17) is 4.52 Å². The number of benzene rings is 2. The number of para-hydroxylation sites is 1. The normalized spacial score (nSPS) is 11.1. The zero-order valence-corrected chi connectivity index (χ0v) is 14.8. The van der Waals surface area contributed by atoms with Gasteiger partial charge in [-0.05, 0) is 43.3 Å². The van der Waals surface area contributed by atoms with Crippen molar-refractivity contribution in [3.8, 4) is 0 Å². The van der Waals surface area contributed by atoms with Crippen LogP contribution in [0.2, 0.25) is 0 Å². The summed E-state index contributed by atoms with van der Waals surface area (Å²) < 4.78 is 32.1. The molecule has 0 spiro atoms. The molecule has 26 heavy (non-hydrogen) atoms. The second kappa shape index (κ2) is 7.40. The van der Waals surface area contributed by atoms with Crippen molar-refractivity contribution in [2.24, 2.45) is 0 Å². The quantitative estimate of drug-likeness (QED) is 0.694. The van der Waals surface area contributed by atoms with Crippen LogP contribution in [-0.2, 0) is 16.6 Å². The maximum absolute atomic E-state index is 12.4. The standard InChI is InChI=1S/C18H17N3O4S/c1-13-11-16(20-25-13)12-19-18(22)14-7-9-17(10-8-14)26(23,24)21-15-5-3-2-4-6-15/h2-11,21H,12H2,1H3,(H,19,22). The summed E-state index contributed by atoms with van der Waals surface area (Å²) in [7, 11) is -3.71. The number of rotatable bonds is 6. The van der Waals surface area contributed by atoms with Crippen LogP contribution < -0.4 is 10.0 Å². The number of carbonyl (C=O) groups is 1. The lowest BCUT2D eigenvalue weighted by Crippen LogP contribution is -2.23. The molecule has 2 aromatic carbocycles. The number of nitrogens with one attached hydrogen (secondary N) is 2. The number of hydrogen-bond acceptors (Lipinski definition) is 5. The predicted molar refractivity (Wildman–Crippen MR) is 96.1 cm³/mol. The van der Waals surface area contributed by atoms with Crippen LogP contribution in [0.15, 0.2) is 70.1 Å². The Morgan fingerprint density at radius 1 is 1.08 bits per heavy atom. The van der Waals surface area contributed by atoms with E-state index in [1.807, 2.05) is 0 Å². The van der Waals surface area contributed by atoms with Gasteiger partial charge >= 0.3 is 0 Å². The van der Waals surface area contributed by atoms with Gasteiger partial charge in [0.25, 0.3) is 15.9 Å². The molecule has 1 aromatic heterocycles. The number of hydrogen-bond donors (Lipinski definition) is 2. The van der Waals surface area contributed by atoms with Gasteiger partial charge in [-0.15, -0.1) is 0 Å². The molecule has 7 nitrogen and oxygen atoms in total. The minimum Gasteiger partial charge on any atom is -0.361 e. The van der Waals surface area contributed by atoms with E-state index in [-0.39, 0.29) is 17.3 Å². The van der Waals surface area contributed by atoms with E-state index in [1.165, 1.54) is 24.3 Å². The Morgan fingerprint density at radius 2 is 1.77 bits per heavy atom. The van der Waals surface area contributed by atoms with E-state index in [2.05, 4.69) is 15.2 Å². The Bertz CT molecular complexity index is 996. The fraction of sp³-hybridized carbons (Fsp3) is 0.111. The third kappa shape index (κ3) is 4.28. The van der Waals surface area contributed by atoms with Gasteiger partial charge in [0.2, 0.25) is 0 Å². The van der Waals surface area contributed by atoms with Crippen LogP contribution in [0.25, 0.3) is 0 Å². The van der Waals surface area contributed by atoms with Gasteiger partial charge in [-0.2, -0.15) is 0 Å². The predicted octanol–water partition coefficient (Wildman–Crippen LogP) is 2.71. The molecule has 0 unspecified atom stereocenters. The number of aromatic nitrogens is 1. The van der Waals surface area contributed by atoms with Crippen LogP contribution in [0.1, 0.15) is 21.8 Å². The summed E-state index contributed by atoms with van der Waals surface area (Å²) in [5.41, 5.74) is 1.43. The molecule has 0 aliphatic heterocycles. The lowest BCUT2D eigenvalue weighted by molar-refractivity contribution is 0.0950. The smallest absolute Gasteiger partial charge is 0.261 e. The Labute approximate surface area is 151 Å². The summed E-state index contributed by atoms with van der Waals surface area (Å²) in [6, 6.07) is 16.0. The molecule has 0 saturated heterocycles. The van der Waals surface area contributed by atoms with Crippen LogP contribution in [0.5, 0.6) is 0 Å². The van der Waals surface area contributed by atoms with Gasteiger partial charge in [-0.1, -0.05) is 23.4 Å². The minimum atomic E-state index is -3.71. The van der Waals surface area contributed by atoms with E-state index in [0.29, 0.717) is 22.7 Å². The molecule has 2 N–H and O–H groups in total. The highest BCUT2D eigenvalue weighted by atomic mass is 32.2. The van der Waals surface area contributed by atoms with Crippen molar-refractivity contribution in [2.75, 3.05) is 4.72 Å². The summed E-state index contributed by atoms with van der Waals surface area (Å²) in [6.07, 6.45) is 0. The number of nitrogens with zero attached hydrogens (tertiary/aromatic N) is 1. The van der Waals surface area contributed by atoms with Crippen LogP contribution in [-0.4, -0.2) is 19.5 Å². The maximum Gasteiger partial charge on any atom is 0.261 e. The molecular formula is C18H17N3O4S. The van der Waals surface area contributed by atoms with Gasteiger partial charge in [0.05, 0.1) is 11.4 Å². The molecule has 1 heterocycles. The number of aryl methyl sites for hydroxylation is 1. The number of amides is 1. The molecule has 0 saturated carbocycles. The van der Waals surface area contributed by atoms with Crippen molar-refractivity contribution in [3.05, 3.63) is 77.7 Å². The zero-order valence-electron chi connectivity index (χ0n) is 14.0. The maximum atomic E-state index is 12.4. The van der Waals surface area contributed by atoms with Crippen LogP contribution in [0.3, 0.4) is 0 Å². The Kier molecular flexibility index (Phi) is 5.04. The summed E-state index contributed by atoms with van der Waals surface area (Å²) in [5.74, 6) is 0.334. The van der Waals surface area contributed by atoms with Gasteiger partial charge in [-0.3, -0.25) is 9.52 Å². The molecule has 3 rings (SSSR count). The SMILES string of the molecule is Cc1cc(CNC(=O)c2ccc(S(=O)(=O)Nc3ccccc3)cc2)no1. The first-order chi connectivity index (χ1) is 12.4. The van der Waals surface area contributed by atoms with Crippen molar-refractivity contribution >= 4 is 21.6 Å². The summed E-state index contributed by atoms with van der Waals surface area (Å²) in [4.78, 5) is 12.2. The van der Waals surface area contributed by atoms with Crippen LogP contribution >= 0.6 is 0 Å². The minimum absolute atomic E-state index is 0.0741. The number of anilines is 1. The largest absolute Gasteiger partial charge is 0.361 e. The van der Waals surface area contributed by atoms with E-state index in [0.717, 1.165) is 0 Å². The number of carbonyl (C=O) groups excluding carboxylic acids is 1. The lowest BCUT2D eigenvalue weighted by Gasteiger charge is -2.09. The molecule has 3 aromatic rings. The highest BCUT2D eigenvalue weighted by Crippen LogP contribution is 2.16. The Hall–Kier alpha value is -3.13. The van der Waals surface area contributed by atoms with Crippen LogP contribution in [0.4, 0.5) is 5.69 Å². The Balaban J connectivity index is 1.66. The van der Waals surface area contributed by atoms with E-state index < -0.39 is 10.0 Å². The summed E-state index contributed by atoms with van der Waals surface area (Å²) in [6.45, 7) is 1.99. The highest BCUT2D eigenvalue weighted by Gasteiger charge is 2.15. The topological polar surface area (TPSA) is 101 Å². The average molecular weight is 371 g/mol. The van der Waals surface area contributed by atoms with E-state index in [1.54, 1.807) is 43.3 Å². The monoisotopic (exact) mass is 371 g/mol. The fourth-order valence-corrected chi connectivity index (χ4v) is 3.34. The van der Waals surface area contributed by atoms with E-state index >= 15 is 0 Å². The van der Waals surface area contributed by atoms with Crippen molar-refractivity contribution < 1.29 is 17.7 Å². The first kappa shape index (κ1) is 17.7. The highest BCUT2D eigenvalue weighted by molar-refractivity contribution is 7.92. The van der Waals surface area contributed by atoms with Gasteiger partial charge < -0.3 is 9.84 Å². The fourth-order valence-electron chi connectivity index (χ4n) is 2.28. The first-order valence-corrected chi connectivity index (χ1v) is 9.31. The molecule has 0 fully saturated rings. The zero-order chi connectivity index (χ0) is 18.6. The molecule has 0 atom stereocenters. The Morgan fingerprint density at radius 3 is 2.38 bits per heavy atom. The second-order valence-electron chi connectivity index (χ2n) is 5.61. The molecule has 0 bridgehead atoms. The van der Waals surface area contributed by atoms with Crippen molar-refractivity contribution in [2.45, 2.75) is 18.4 Å². The molecule has 0 aliphatic rings. The van der Waals surface area contributed by atoms with E-state index in [9.17, 15) is 13.2 Å². The molecular weight excluding hydrogens is 354 g/mol. The van der Waals surface area contributed by atoms with Gasteiger partial charge in [0.15, 0.2) is 0 Å². The molecule has 1 amide bonds. The van der Waals surface area contributed by atoms with Gasteiger partial charge in [0.1, 0.15) is 11.5 Å². The van der Waals surface area contributed by atoms with Crippen molar-refractivity contribution in [3.63, 3.8) is 0 Å². The van der Waals surface area contributed by atoms with Gasteiger partial charge in [-0.25, -0.2) is 8.42 Å². The summed E-state index contributed by atoms with van der Waals surface area (Å²) >= 11 is 0. The van der Waals surface area contributed by atoms with Gasteiger partial charge in [0, 0.05) is 17.3 Å². The second-order valence-corrected chi connectivity index (χ2v) is 7.29. The average Bonchev–Trinajstić information content (AvgIpc) is 3.05. The molecule has 134 valence electrons. The van der Waals surface area contributed by atoms with Crippen molar-refractivity contribution in [1.29, 1.82) is 0 Å². The first-order valence-electron chi connectivity index (χ1n) is 7.82. The lowest BCUT2D eigenvalue weighted by atomic mass is 10.2. The van der Waals surface area contributed by atoms with Crippen molar-refractivity contribution in [1.82, 2.24) is 10.5 Å². The molecule has 0 radical (unpaired) electrons. The summed E-state index contributed by atoms with van der Waals surface area (Å²) in [5, 5.41) is 6.49. The van der Waals surface area contributed by atoms with Crippen LogP contribution in [0, 0.1) is 6.92 Å². The molecule has 8 heteroatoms. The number of sulfonamides is 1. The third-order valence-electron chi connectivity index (χ3n) is 3.56. The molecule has 0 aliphatic carbocycles.